The molecule has 20 heavy (non-hydrogen) atoms. The van der Waals surface area contributed by atoms with Gasteiger partial charge in [0.05, 0.1) is 23.1 Å². The van der Waals surface area contributed by atoms with Crippen molar-refractivity contribution in [3.8, 4) is 6.07 Å². The van der Waals surface area contributed by atoms with Crippen LogP contribution in [-0.4, -0.2) is 20.4 Å². The topological polar surface area (TPSA) is 71.1 Å². The fourth-order valence-electron chi connectivity index (χ4n) is 2.96. The smallest absolute Gasteiger partial charge is 0.173 e. The number of carbonyl (C=O) groups excluding carboxylic acids is 1. The summed E-state index contributed by atoms with van der Waals surface area (Å²) in [6, 6.07) is 2.11. The molecule has 0 aromatic carbocycles. The third kappa shape index (κ3) is 1.72. The minimum absolute atomic E-state index is 0.0812. The molecular weight excluding hydrogens is 252 g/mol. The first-order valence-corrected chi connectivity index (χ1v) is 6.79. The van der Waals surface area contributed by atoms with Gasteiger partial charge in [-0.15, -0.1) is 0 Å². The number of ketones is 1. The highest BCUT2D eigenvalue weighted by molar-refractivity contribution is 6.00. The lowest BCUT2D eigenvalue weighted by atomic mass is 9.75. The summed E-state index contributed by atoms with van der Waals surface area (Å²) in [4.78, 5) is 16.9. The van der Waals surface area contributed by atoms with E-state index in [2.05, 4.69) is 30.0 Å². The maximum atomic E-state index is 12.5. The van der Waals surface area contributed by atoms with Crippen molar-refractivity contribution in [3.05, 3.63) is 28.7 Å². The molecule has 0 fully saturated rings. The Hall–Kier alpha value is -2.22. The molecule has 0 radical (unpaired) electrons. The normalized spacial score (nSPS) is 17.0. The van der Waals surface area contributed by atoms with Crippen molar-refractivity contribution >= 4 is 11.4 Å². The van der Waals surface area contributed by atoms with Crippen LogP contribution in [0.3, 0.4) is 0 Å². The quantitative estimate of drug-likeness (QED) is 0.795. The van der Waals surface area contributed by atoms with E-state index in [1.807, 2.05) is 6.92 Å². The Morgan fingerprint density at radius 2 is 2.20 bits per heavy atom. The molecule has 2 aromatic rings. The van der Waals surface area contributed by atoms with Crippen molar-refractivity contribution in [3.63, 3.8) is 0 Å². The van der Waals surface area contributed by atoms with Gasteiger partial charge in [0.2, 0.25) is 0 Å². The number of nitriles is 1. The maximum absolute atomic E-state index is 12.5. The van der Waals surface area contributed by atoms with Crippen molar-refractivity contribution in [1.29, 1.82) is 5.26 Å². The van der Waals surface area contributed by atoms with Gasteiger partial charge in [-0.25, -0.2) is 9.50 Å². The highest BCUT2D eigenvalue weighted by Crippen LogP contribution is 2.36. The van der Waals surface area contributed by atoms with Crippen LogP contribution >= 0.6 is 0 Å². The lowest BCUT2D eigenvalue weighted by molar-refractivity contribution is 0.0907. The molecular formula is C15H16N4O. The molecule has 2 heterocycles. The molecule has 0 N–H and O–H groups in total. The molecule has 5 nitrogen and oxygen atoms in total. The van der Waals surface area contributed by atoms with Crippen molar-refractivity contribution < 1.29 is 4.79 Å². The Balaban J connectivity index is 2.39. The SMILES string of the molecule is CCc1nc2c(C#N)cnn2c2c1C(=O)CC(C)(C)C2. The van der Waals surface area contributed by atoms with Gasteiger partial charge in [0.1, 0.15) is 11.6 Å². The van der Waals surface area contributed by atoms with Crippen LogP contribution in [0.25, 0.3) is 5.65 Å². The van der Waals surface area contributed by atoms with Gasteiger partial charge >= 0.3 is 0 Å². The number of carbonyl (C=O) groups is 1. The van der Waals surface area contributed by atoms with Crippen LogP contribution in [0.4, 0.5) is 0 Å². The van der Waals surface area contributed by atoms with Gasteiger partial charge in [-0.3, -0.25) is 4.79 Å². The van der Waals surface area contributed by atoms with Crippen LogP contribution in [0.5, 0.6) is 0 Å². The highest BCUT2D eigenvalue weighted by atomic mass is 16.1. The molecule has 0 unspecified atom stereocenters. The van der Waals surface area contributed by atoms with Gasteiger partial charge in [0, 0.05) is 6.42 Å². The largest absolute Gasteiger partial charge is 0.294 e. The van der Waals surface area contributed by atoms with E-state index in [1.54, 1.807) is 4.52 Å². The second kappa shape index (κ2) is 4.14. The predicted molar refractivity (Wildman–Crippen MR) is 73.5 cm³/mol. The summed E-state index contributed by atoms with van der Waals surface area (Å²) in [7, 11) is 0. The van der Waals surface area contributed by atoms with E-state index >= 15 is 0 Å². The Bertz CT molecular complexity index is 764. The third-order valence-corrected chi connectivity index (χ3v) is 3.84. The summed E-state index contributed by atoms with van der Waals surface area (Å²) in [5, 5.41) is 13.4. The molecule has 2 aromatic heterocycles. The van der Waals surface area contributed by atoms with Gasteiger partial charge in [-0.05, 0) is 18.3 Å². The second-order valence-corrected chi connectivity index (χ2v) is 6.08. The molecule has 0 spiro atoms. The summed E-state index contributed by atoms with van der Waals surface area (Å²) >= 11 is 0. The number of aryl methyl sites for hydroxylation is 1. The summed E-state index contributed by atoms with van der Waals surface area (Å²) in [5.41, 5.74) is 3.33. The van der Waals surface area contributed by atoms with E-state index in [4.69, 9.17) is 5.26 Å². The fourth-order valence-corrected chi connectivity index (χ4v) is 2.96. The number of aromatic nitrogens is 3. The number of Topliss-reactive ketones (excluding diaryl/α,β-unsaturated/α-hetero) is 1. The van der Waals surface area contributed by atoms with Crippen LogP contribution in [0, 0.1) is 16.7 Å². The first kappa shape index (κ1) is 12.8. The van der Waals surface area contributed by atoms with E-state index in [0.29, 0.717) is 29.6 Å². The molecule has 0 saturated carbocycles. The van der Waals surface area contributed by atoms with Gasteiger partial charge < -0.3 is 0 Å². The summed E-state index contributed by atoms with van der Waals surface area (Å²) in [6.07, 6.45) is 3.51. The zero-order chi connectivity index (χ0) is 14.5. The molecule has 1 aliphatic rings. The standard InChI is InChI=1S/C15H16N4O/c1-4-10-13-11(5-15(2,3)6-12(13)20)19-14(18-10)9(7-16)8-17-19/h8H,4-6H2,1-3H3. The first-order chi connectivity index (χ1) is 9.46. The van der Waals surface area contributed by atoms with Gasteiger partial charge in [0.15, 0.2) is 11.4 Å². The van der Waals surface area contributed by atoms with Crippen molar-refractivity contribution in [2.45, 2.75) is 40.0 Å². The second-order valence-electron chi connectivity index (χ2n) is 6.08. The first-order valence-electron chi connectivity index (χ1n) is 6.79. The molecule has 0 bridgehead atoms. The predicted octanol–water partition coefficient (Wildman–Crippen LogP) is 2.32. The summed E-state index contributed by atoms with van der Waals surface area (Å²) in [6.45, 7) is 6.15. The molecule has 0 saturated heterocycles. The van der Waals surface area contributed by atoms with Gasteiger partial charge in [0.25, 0.3) is 0 Å². The highest BCUT2D eigenvalue weighted by Gasteiger charge is 2.35. The molecule has 5 heteroatoms. The van der Waals surface area contributed by atoms with E-state index in [0.717, 1.165) is 17.8 Å². The average molecular weight is 268 g/mol. The van der Waals surface area contributed by atoms with Crippen LogP contribution in [0.2, 0.25) is 0 Å². The van der Waals surface area contributed by atoms with E-state index in [9.17, 15) is 4.79 Å². The molecule has 0 amide bonds. The zero-order valence-electron chi connectivity index (χ0n) is 11.9. The molecule has 0 atom stereocenters. The Labute approximate surface area is 117 Å². The third-order valence-electron chi connectivity index (χ3n) is 3.84. The lowest BCUT2D eigenvalue weighted by Gasteiger charge is -2.31. The van der Waals surface area contributed by atoms with Crippen molar-refractivity contribution in [1.82, 2.24) is 14.6 Å². The molecule has 3 rings (SSSR count). The minimum Gasteiger partial charge on any atom is -0.294 e. The van der Waals surface area contributed by atoms with Crippen LogP contribution < -0.4 is 0 Å². The number of nitrogens with zero attached hydrogens (tertiary/aromatic N) is 4. The molecule has 1 aliphatic carbocycles. The number of fused-ring (bicyclic) bond motifs is 3. The Morgan fingerprint density at radius 1 is 1.45 bits per heavy atom. The van der Waals surface area contributed by atoms with Crippen molar-refractivity contribution in [2.75, 3.05) is 0 Å². The number of rotatable bonds is 1. The number of hydrogen-bond donors (Lipinski definition) is 0. The molecule has 0 aliphatic heterocycles. The molecule has 102 valence electrons. The summed E-state index contributed by atoms with van der Waals surface area (Å²) < 4.78 is 1.67. The van der Waals surface area contributed by atoms with Gasteiger partial charge in [-0.2, -0.15) is 10.4 Å². The monoisotopic (exact) mass is 268 g/mol. The number of hydrogen-bond acceptors (Lipinski definition) is 4. The van der Waals surface area contributed by atoms with E-state index in [-0.39, 0.29) is 11.2 Å². The average Bonchev–Trinajstić information content (AvgIpc) is 2.79. The zero-order valence-corrected chi connectivity index (χ0v) is 11.9. The van der Waals surface area contributed by atoms with Crippen LogP contribution in [0.15, 0.2) is 6.20 Å². The van der Waals surface area contributed by atoms with Crippen molar-refractivity contribution in [2.24, 2.45) is 5.41 Å². The van der Waals surface area contributed by atoms with Gasteiger partial charge in [-0.1, -0.05) is 20.8 Å². The lowest BCUT2D eigenvalue weighted by Crippen LogP contribution is -2.30. The Kier molecular flexibility index (Phi) is 2.65. The van der Waals surface area contributed by atoms with Crippen LogP contribution in [-0.2, 0) is 12.8 Å². The van der Waals surface area contributed by atoms with E-state index < -0.39 is 0 Å². The minimum atomic E-state index is -0.0812. The van der Waals surface area contributed by atoms with E-state index in [1.165, 1.54) is 6.20 Å². The maximum Gasteiger partial charge on any atom is 0.173 e. The summed E-state index contributed by atoms with van der Waals surface area (Å²) in [5.74, 6) is 0.136. The Morgan fingerprint density at radius 3 is 2.85 bits per heavy atom. The fraction of sp³-hybridized carbons (Fsp3) is 0.467. The van der Waals surface area contributed by atoms with Crippen LogP contribution in [0.1, 0.15) is 54.5 Å².